The molecule has 0 aromatic heterocycles. The lowest BCUT2D eigenvalue weighted by molar-refractivity contribution is 0.282. The number of benzene rings is 3. The van der Waals surface area contributed by atoms with Crippen molar-refractivity contribution >= 4 is 15.9 Å². The first-order valence-electron chi connectivity index (χ1n) is 8.54. The predicted molar refractivity (Wildman–Crippen MR) is 108 cm³/mol. The summed E-state index contributed by atoms with van der Waals surface area (Å²) in [5.74, 6) is 1.45. The third kappa shape index (κ3) is 5.10. The van der Waals surface area contributed by atoms with Crippen LogP contribution in [0.5, 0.6) is 11.5 Å². The number of rotatable bonds is 8. The van der Waals surface area contributed by atoms with Gasteiger partial charge in [0, 0.05) is 13.1 Å². The molecule has 0 atom stereocenters. The fraction of sp³-hybridized carbons (Fsp3) is 0.182. The van der Waals surface area contributed by atoms with E-state index >= 15 is 0 Å². The van der Waals surface area contributed by atoms with Gasteiger partial charge in [-0.05, 0) is 44.8 Å². The van der Waals surface area contributed by atoms with Crippen molar-refractivity contribution in [2.75, 3.05) is 7.11 Å². The summed E-state index contributed by atoms with van der Waals surface area (Å²) in [5, 5.41) is 3.46. The van der Waals surface area contributed by atoms with Crippen LogP contribution in [0.25, 0.3) is 0 Å². The van der Waals surface area contributed by atoms with Crippen molar-refractivity contribution in [2.24, 2.45) is 0 Å². The molecular formula is C22H22BrNO2. The molecular weight excluding hydrogens is 390 g/mol. The SMILES string of the molecule is COc1cc(CNCc2ccccc2)cc(Br)c1OCc1ccccc1. The zero-order valence-corrected chi connectivity index (χ0v) is 16.3. The molecule has 3 rings (SSSR count). The normalized spacial score (nSPS) is 10.5. The quantitative estimate of drug-likeness (QED) is 0.543. The van der Waals surface area contributed by atoms with Crippen LogP contribution in [-0.2, 0) is 19.7 Å². The summed E-state index contributed by atoms with van der Waals surface area (Å²) in [6.45, 7) is 2.08. The second-order valence-electron chi connectivity index (χ2n) is 5.97. The number of hydrogen-bond acceptors (Lipinski definition) is 3. The Balaban J connectivity index is 1.64. The summed E-state index contributed by atoms with van der Waals surface area (Å²) < 4.78 is 12.4. The fourth-order valence-corrected chi connectivity index (χ4v) is 3.30. The van der Waals surface area contributed by atoms with Crippen LogP contribution >= 0.6 is 15.9 Å². The number of methoxy groups -OCH3 is 1. The minimum atomic E-state index is 0.501. The molecule has 0 heterocycles. The molecule has 0 bridgehead atoms. The van der Waals surface area contributed by atoms with Crippen LogP contribution in [0.2, 0.25) is 0 Å². The molecule has 0 saturated heterocycles. The summed E-state index contributed by atoms with van der Waals surface area (Å²) in [5.41, 5.74) is 3.52. The maximum absolute atomic E-state index is 5.98. The van der Waals surface area contributed by atoms with Crippen molar-refractivity contribution in [1.29, 1.82) is 0 Å². The molecule has 0 radical (unpaired) electrons. The van der Waals surface area contributed by atoms with E-state index in [0.717, 1.165) is 40.2 Å². The Bertz CT molecular complexity index is 822. The van der Waals surface area contributed by atoms with Gasteiger partial charge >= 0.3 is 0 Å². The second kappa shape index (κ2) is 9.41. The van der Waals surface area contributed by atoms with Crippen LogP contribution in [0.3, 0.4) is 0 Å². The van der Waals surface area contributed by atoms with Crippen molar-refractivity contribution < 1.29 is 9.47 Å². The molecule has 0 aliphatic rings. The van der Waals surface area contributed by atoms with E-state index in [4.69, 9.17) is 9.47 Å². The number of nitrogens with one attached hydrogen (secondary N) is 1. The minimum absolute atomic E-state index is 0.501. The Hall–Kier alpha value is -2.30. The minimum Gasteiger partial charge on any atom is -0.493 e. The van der Waals surface area contributed by atoms with Crippen LogP contribution in [0.4, 0.5) is 0 Å². The van der Waals surface area contributed by atoms with E-state index < -0.39 is 0 Å². The highest BCUT2D eigenvalue weighted by molar-refractivity contribution is 9.10. The molecule has 0 aliphatic heterocycles. The van der Waals surface area contributed by atoms with E-state index in [-0.39, 0.29) is 0 Å². The Morgan fingerprint density at radius 3 is 2.08 bits per heavy atom. The first-order chi connectivity index (χ1) is 12.8. The summed E-state index contributed by atoms with van der Waals surface area (Å²) in [6.07, 6.45) is 0. The Labute approximate surface area is 163 Å². The van der Waals surface area contributed by atoms with E-state index in [1.807, 2.05) is 42.5 Å². The standard InChI is InChI=1S/C22H22BrNO2/c1-25-21-13-19(15-24-14-17-8-4-2-5-9-17)12-20(23)22(21)26-16-18-10-6-3-7-11-18/h2-13,24H,14-16H2,1H3. The molecule has 1 N–H and O–H groups in total. The highest BCUT2D eigenvalue weighted by atomic mass is 79.9. The molecule has 0 aliphatic carbocycles. The van der Waals surface area contributed by atoms with Gasteiger partial charge in [0.2, 0.25) is 0 Å². The highest BCUT2D eigenvalue weighted by Crippen LogP contribution is 2.37. The van der Waals surface area contributed by atoms with Gasteiger partial charge in [-0.15, -0.1) is 0 Å². The van der Waals surface area contributed by atoms with Crippen molar-refractivity contribution in [2.45, 2.75) is 19.7 Å². The maximum atomic E-state index is 5.98. The van der Waals surface area contributed by atoms with E-state index in [0.29, 0.717) is 6.61 Å². The van der Waals surface area contributed by atoms with Crippen molar-refractivity contribution in [3.8, 4) is 11.5 Å². The van der Waals surface area contributed by atoms with Crippen molar-refractivity contribution in [3.63, 3.8) is 0 Å². The zero-order chi connectivity index (χ0) is 18.2. The van der Waals surface area contributed by atoms with Gasteiger partial charge in [-0.1, -0.05) is 60.7 Å². The van der Waals surface area contributed by atoms with Gasteiger partial charge in [-0.25, -0.2) is 0 Å². The Morgan fingerprint density at radius 2 is 1.42 bits per heavy atom. The van der Waals surface area contributed by atoms with Gasteiger partial charge in [0.1, 0.15) is 6.61 Å². The van der Waals surface area contributed by atoms with Gasteiger partial charge in [-0.2, -0.15) is 0 Å². The molecule has 134 valence electrons. The van der Waals surface area contributed by atoms with Gasteiger partial charge in [-0.3, -0.25) is 0 Å². The third-order valence-corrected chi connectivity index (χ3v) is 4.61. The van der Waals surface area contributed by atoms with Crippen LogP contribution in [-0.4, -0.2) is 7.11 Å². The highest BCUT2D eigenvalue weighted by Gasteiger charge is 2.12. The number of ether oxygens (including phenoxy) is 2. The average molecular weight is 412 g/mol. The van der Waals surface area contributed by atoms with E-state index in [1.165, 1.54) is 5.56 Å². The van der Waals surface area contributed by atoms with Gasteiger partial charge in [0.15, 0.2) is 11.5 Å². The van der Waals surface area contributed by atoms with Gasteiger partial charge in [0.25, 0.3) is 0 Å². The molecule has 0 spiro atoms. The largest absolute Gasteiger partial charge is 0.493 e. The number of halogens is 1. The maximum Gasteiger partial charge on any atom is 0.175 e. The van der Waals surface area contributed by atoms with E-state index in [1.54, 1.807) is 7.11 Å². The molecule has 0 fully saturated rings. The summed E-state index contributed by atoms with van der Waals surface area (Å²) in [4.78, 5) is 0. The van der Waals surface area contributed by atoms with Gasteiger partial charge in [0.05, 0.1) is 11.6 Å². The lowest BCUT2D eigenvalue weighted by Crippen LogP contribution is -2.12. The molecule has 26 heavy (non-hydrogen) atoms. The van der Waals surface area contributed by atoms with E-state index in [2.05, 4.69) is 51.6 Å². The molecule has 0 saturated carbocycles. The van der Waals surface area contributed by atoms with Crippen molar-refractivity contribution in [3.05, 3.63) is 94.0 Å². The predicted octanol–water partition coefficient (Wildman–Crippen LogP) is 5.33. The average Bonchev–Trinajstić information content (AvgIpc) is 2.68. The molecule has 3 nitrogen and oxygen atoms in total. The lowest BCUT2D eigenvalue weighted by Gasteiger charge is -2.15. The van der Waals surface area contributed by atoms with Crippen molar-refractivity contribution in [1.82, 2.24) is 5.32 Å². The summed E-state index contributed by atoms with van der Waals surface area (Å²) in [6, 6.07) is 24.5. The molecule has 0 unspecified atom stereocenters. The molecule has 0 amide bonds. The number of hydrogen-bond donors (Lipinski definition) is 1. The van der Waals surface area contributed by atoms with E-state index in [9.17, 15) is 0 Å². The first-order valence-corrected chi connectivity index (χ1v) is 9.33. The molecule has 4 heteroatoms. The summed E-state index contributed by atoms with van der Waals surface area (Å²) >= 11 is 3.62. The van der Waals surface area contributed by atoms with Crippen LogP contribution in [0.1, 0.15) is 16.7 Å². The molecule has 3 aromatic rings. The fourth-order valence-electron chi connectivity index (χ4n) is 2.69. The lowest BCUT2D eigenvalue weighted by atomic mass is 10.2. The van der Waals surface area contributed by atoms with Gasteiger partial charge < -0.3 is 14.8 Å². The second-order valence-corrected chi connectivity index (χ2v) is 6.83. The topological polar surface area (TPSA) is 30.5 Å². The Kier molecular flexibility index (Phi) is 6.69. The summed E-state index contributed by atoms with van der Waals surface area (Å²) in [7, 11) is 1.67. The zero-order valence-electron chi connectivity index (χ0n) is 14.7. The monoisotopic (exact) mass is 411 g/mol. The van der Waals surface area contributed by atoms with Crippen LogP contribution in [0.15, 0.2) is 77.3 Å². The van der Waals surface area contributed by atoms with Crippen LogP contribution in [0, 0.1) is 0 Å². The first kappa shape index (κ1) is 18.5. The smallest absolute Gasteiger partial charge is 0.175 e. The Morgan fingerprint density at radius 1 is 0.808 bits per heavy atom. The molecule has 3 aromatic carbocycles. The van der Waals surface area contributed by atoms with Crippen LogP contribution < -0.4 is 14.8 Å². The third-order valence-electron chi connectivity index (χ3n) is 4.02.